The highest BCUT2D eigenvalue weighted by molar-refractivity contribution is 6.12. The second kappa shape index (κ2) is 14.1. The Morgan fingerprint density at radius 2 is 0.793 bits per heavy atom. The molecule has 0 amide bonds. The van der Waals surface area contributed by atoms with Gasteiger partial charge >= 0.3 is 0 Å². The molecule has 272 valence electrons. The number of rotatable bonds is 7. The Labute approximate surface area is 337 Å². The topological polar surface area (TPSA) is 16.4 Å². The Balaban J connectivity index is 1.01. The third-order valence-electron chi connectivity index (χ3n) is 11.4. The zero-order valence-corrected chi connectivity index (χ0v) is 31.7. The number of hydrogen-bond donors (Lipinski definition) is 0. The molecule has 0 radical (unpaired) electrons. The number of anilines is 3. The molecule has 0 N–H and O–H groups in total. The van der Waals surface area contributed by atoms with Crippen LogP contribution in [0.3, 0.4) is 0 Å². The third-order valence-corrected chi connectivity index (χ3v) is 11.4. The molecule has 0 atom stereocenters. The summed E-state index contributed by atoms with van der Waals surface area (Å²) < 4.78 is 6.25. The summed E-state index contributed by atoms with van der Waals surface area (Å²) >= 11 is 0. The maximum absolute atomic E-state index is 6.25. The van der Waals surface area contributed by atoms with Gasteiger partial charge in [-0.25, -0.2) is 0 Å². The van der Waals surface area contributed by atoms with E-state index in [4.69, 9.17) is 4.42 Å². The Kier molecular flexibility index (Phi) is 8.19. The van der Waals surface area contributed by atoms with Crippen LogP contribution in [0.5, 0.6) is 0 Å². The molecule has 2 heteroatoms. The normalized spacial score (nSPS) is 11.4. The lowest BCUT2D eigenvalue weighted by Crippen LogP contribution is -2.10. The second-order valence-corrected chi connectivity index (χ2v) is 14.9. The van der Waals surface area contributed by atoms with Crippen LogP contribution in [0.25, 0.3) is 88.0 Å². The molecule has 0 aliphatic carbocycles. The van der Waals surface area contributed by atoms with Crippen molar-refractivity contribution in [2.24, 2.45) is 0 Å². The molecule has 0 aliphatic heterocycles. The molecular formula is C56H37NO. The lowest BCUT2D eigenvalue weighted by atomic mass is 9.96. The monoisotopic (exact) mass is 739 g/mol. The highest BCUT2D eigenvalue weighted by Crippen LogP contribution is 2.41. The standard InChI is InChI=1S/C56H37NO/c1-2-13-43-35-46(30-27-38(43)11-1)45-16-8-18-49(37-45)57(47-33-31-42(32-34-47)52-22-10-24-55-56(52)53-20-5-6-23-54(53)58-55)48-17-7-15-44(36-48)39-25-28-41(29-26-39)51-21-9-14-40-12-3-4-19-50(40)51/h1-37H. The molecule has 0 spiro atoms. The van der Waals surface area contributed by atoms with Gasteiger partial charge in [0.15, 0.2) is 0 Å². The highest BCUT2D eigenvalue weighted by Gasteiger charge is 2.17. The van der Waals surface area contributed by atoms with Crippen LogP contribution in [0.1, 0.15) is 0 Å². The molecule has 1 aromatic heterocycles. The van der Waals surface area contributed by atoms with Crippen molar-refractivity contribution in [1.82, 2.24) is 0 Å². The molecule has 11 rings (SSSR count). The van der Waals surface area contributed by atoms with Crippen LogP contribution < -0.4 is 4.90 Å². The van der Waals surface area contributed by atoms with E-state index >= 15 is 0 Å². The van der Waals surface area contributed by atoms with Gasteiger partial charge in [0.2, 0.25) is 0 Å². The zero-order chi connectivity index (χ0) is 38.4. The van der Waals surface area contributed by atoms with E-state index in [9.17, 15) is 0 Å². The summed E-state index contributed by atoms with van der Waals surface area (Å²) in [4.78, 5) is 2.37. The number of nitrogens with zero attached hydrogens (tertiary/aromatic N) is 1. The second-order valence-electron chi connectivity index (χ2n) is 14.9. The van der Waals surface area contributed by atoms with Gasteiger partial charge in [0, 0.05) is 27.8 Å². The van der Waals surface area contributed by atoms with E-state index in [-0.39, 0.29) is 0 Å². The molecule has 1 heterocycles. The van der Waals surface area contributed by atoms with Gasteiger partial charge in [-0.2, -0.15) is 0 Å². The van der Waals surface area contributed by atoms with E-state index < -0.39 is 0 Å². The minimum absolute atomic E-state index is 0.900. The zero-order valence-electron chi connectivity index (χ0n) is 31.7. The third kappa shape index (κ3) is 6.00. The van der Waals surface area contributed by atoms with Crippen LogP contribution in [-0.2, 0) is 0 Å². The summed E-state index contributed by atoms with van der Waals surface area (Å²) in [6, 6.07) is 80.8. The van der Waals surface area contributed by atoms with Gasteiger partial charge in [0.05, 0.1) is 0 Å². The fourth-order valence-corrected chi connectivity index (χ4v) is 8.59. The van der Waals surface area contributed by atoms with Crippen molar-refractivity contribution < 1.29 is 4.42 Å². The summed E-state index contributed by atoms with van der Waals surface area (Å²) in [5.74, 6) is 0. The minimum atomic E-state index is 0.900. The molecule has 0 saturated heterocycles. The molecule has 10 aromatic carbocycles. The average molecular weight is 740 g/mol. The fraction of sp³-hybridized carbons (Fsp3) is 0. The van der Waals surface area contributed by atoms with Crippen LogP contribution in [0.2, 0.25) is 0 Å². The smallest absolute Gasteiger partial charge is 0.136 e. The highest BCUT2D eigenvalue weighted by atomic mass is 16.3. The number of benzene rings is 10. The molecule has 0 bridgehead atoms. The van der Waals surface area contributed by atoms with E-state index in [2.05, 4.69) is 217 Å². The molecule has 0 fully saturated rings. The quantitative estimate of drug-likeness (QED) is 0.162. The van der Waals surface area contributed by atoms with Crippen LogP contribution in [-0.4, -0.2) is 0 Å². The number of para-hydroxylation sites is 1. The largest absolute Gasteiger partial charge is 0.456 e. The van der Waals surface area contributed by atoms with Gasteiger partial charge < -0.3 is 9.32 Å². The van der Waals surface area contributed by atoms with Crippen molar-refractivity contribution in [3.05, 3.63) is 224 Å². The van der Waals surface area contributed by atoms with E-state index in [1.807, 2.05) is 12.1 Å². The molecule has 11 aromatic rings. The van der Waals surface area contributed by atoms with E-state index in [1.165, 1.54) is 49.4 Å². The summed E-state index contributed by atoms with van der Waals surface area (Å²) in [6.45, 7) is 0. The molecule has 0 aliphatic rings. The van der Waals surface area contributed by atoms with Crippen LogP contribution >= 0.6 is 0 Å². The van der Waals surface area contributed by atoms with Gasteiger partial charge in [-0.15, -0.1) is 0 Å². The predicted octanol–water partition coefficient (Wildman–Crippen LogP) is 16.0. The van der Waals surface area contributed by atoms with E-state index in [1.54, 1.807) is 0 Å². The maximum atomic E-state index is 6.25. The van der Waals surface area contributed by atoms with Gasteiger partial charge in [-0.05, 0) is 121 Å². The predicted molar refractivity (Wildman–Crippen MR) is 245 cm³/mol. The van der Waals surface area contributed by atoms with Crippen molar-refractivity contribution in [3.63, 3.8) is 0 Å². The lowest BCUT2D eigenvalue weighted by Gasteiger charge is -2.27. The first kappa shape index (κ1) is 33.6. The number of hydrogen-bond acceptors (Lipinski definition) is 2. The molecule has 58 heavy (non-hydrogen) atoms. The van der Waals surface area contributed by atoms with Gasteiger partial charge in [0.25, 0.3) is 0 Å². The Morgan fingerprint density at radius 1 is 0.276 bits per heavy atom. The van der Waals surface area contributed by atoms with Gasteiger partial charge in [0.1, 0.15) is 11.2 Å². The SMILES string of the molecule is c1cc(-c2ccc(-c3cccc4ccccc34)cc2)cc(N(c2ccc(-c3cccc4oc5ccccc5c34)cc2)c2cccc(-c3ccc4ccccc4c3)c2)c1. The van der Waals surface area contributed by atoms with E-state index in [0.717, 1.165) is 55.7 Å². The lowest BCUT2D eigenvalue weighted by molar-refractivity contribution is 0.669. The maximum Gasteiger partial charge on any atom is 0.136 e. The first-order valence-corrected chi connectivity index (χ1v) is 19.8. The first-order chi connectivity index (χ1) is 28.7. The molecule has 0 saturated carbocycles. The van der Waals surface area contributed by atoms with E-state index in [0.29, 0.717) is 0 Å². The number of furan rings is 1. The van der Waals surface area contributed by atoms with Crippen LogP contribution in [0.15, 0.2) is 229 Å². The summed E-state index contributed by atoms with van der Waals surface area (Å²) in [7, 11) is 0. The van der Waals surface area contributed by atoms with Crippen molar-refractivity contribution in [1.29, 1.82) is 0 Å². The Bertz CT molecular complexity index is 3280. The molecule has 0 unspecified atom stereocenters. The van der Waals surface area contributed by atoms with Crippen LogP contribution in [0.4, 0.5) is 17.1 Å². The first-order valence-electron chi connectivity index (χ1n) is 19.8. The summed E-state index contributed by atoms with van der Waals surface area (Å²) in [6.07, 6.45) is 0. The fourth-order valence-electron chi connectivity index (χ4n) is 8.59. The molecule has 2 nitrogen and oxygen atoms in total. The molecular weight excluding hydrogens is 703 g/mol. The van der Waals surface area contributed by atoms with Gasteiger partial charge in [-0.3, -0.25) is 0 Å². The van der Waals surface area contributed by atoms with Crippen LogP contribution in [0, 0.1) is 0 Å². The Morgan fingerprint density at radius 3 is 1.59 bits per heavy atom. The van der Waals surface area contributed by atoms with Gasteiger partial charge in [-0.1, -0.05) is 170 Å². The number of fused-ring (bicyclic) bond motifs is 5. The van der Waals surface area contributed by atoms with Crippen molar-refractivity contribution >= 4 is 60.5 Å². The van der Waals surface area contributed by atoms with Crippen molar-refractivity contribution in [3.8, 4) is 44.5 Å². The van der Waals surface area contributed by atoms with Crippen molar-refractivity contribution in [2.45, 2.75) is 0 Å². The summed E-state index contributed by atoms with van der Waals surface area (Å²) in [5.41, 5.74) is 14.5. The Hall–Kier alpha value is -7.68. The van der Waals surface area contributed by atoms with Crippen molar-refractivity contribution in [2.75, 3.05) is 4.90 Å². The minimum Gasteiger partial charge on any atom is -0.456 e. The average Bonchev–Trinajstić information content (AvgIpc) is 3.68. The summed E-state index contributed by atoms with van der Waals surface area (Å²) in [5, 5.41) is 7.27.